The van der Waals surface area contributed by atoms with Crippen molar-refractivity contribution in [2.24, 2.45) is 0 Å². The number of rotatable bonds is 4. The third-order valence-electron chi connectivity index (χ3n) is 2.47. The van der Waals surface area contributed by atoms with Crippen molar-refractivity contribution in [2.45, 2.75) is 11.4 Å². The minimum atomic E-state index is -3.75. The largest absolute Gasteiger partial charge is 0.399 e. The normalized spacial score (nSPS) is 11.2. The number of anilines is 1. The van der Waals surface area contributed by atoms with Gasteiger partial charge in [0.05, 0.1) is 10.5 Å². The molecule has 0 atom stereocenters. The average Bonchev–Trinajstić information content (AvgIpc) is 2.82. The maximum absolute atomic E-state index is 12.2. The summed E-state index contributed by atoms with van der Waals surface area (Å²) in [5.41, 5.74) is 5.93. The van der Waals surface area contributed by atoms with Gasteiger partial charge in [0, 0.05) is 27.0 Å². The van der Waals surface area contributed by atoms with Crippen LogP contribution < -0.4 is 10.5 Å². The SMILES string of the molecule is N#Cc1cc(N)ccc1S(=O)(=O)NCc1cc(Br)cs1. The zero-order chi connectivity index (χ0) is 14.8. The summed E-state index contributed by atoms with van der Waals surface area (Å²) in [6, 6.07) is 7.81. The van der Waals surface area contributed by atoms with Crippen LogP contribution in [0.1, 0.15) is 10.4 Å². The van der Waals surface area contributed by atoms with Crippen LogP contribution in [0.3, 0.4) is 0 Å². The number of nitriles is 1. The summed E-state index contributed by atoms with van der Waals surface area (Å²) in [6.45, 7) is 0.174. The monoisotopic (exact) mass is 371 g/mol. The second-order valence-corrected chi connectivity index (χ2v) is 7.57. The molecule has 20 heavy (non-hydrogen) atoms. The van der Waals surface area contributed by atoms with Crippen LogP contribution in [0.2, 0.25) is 0 Å². The maximum Gasteiger partial charge on any atom is 0.242 e. The third-order valence-corrected chi connectivity index (χ3v) is 5.63. The molecule has 8 heteroatoms. The first kappa shape index (κ1) is 15.0. The predicted octanol–water partition coefficient (Wildman–Crippen LogP) is 2.44. The molecule has 0 aliphatic carbocycles. The van der Waals surface area contributed by atoms with Crippen molar-refractivity contribution in [2.75, 3.05) is 5.73 Å². The molecule has 0 unspecified atom stereocenters. The number of nitrogens with two attached hydrogens (primary N) is 1. The zero-order valence-corrected chi connectivity index (χ0v) is 13.3. The van der Waals surface area contributed by atoms with Crippen LogP contribution in [0.5, 0.6) is 0 Å². The molecule has 0 radical (unpaired) electrons. The molecule has 0 saturated heterocycles. The van der Waals surface area contributed by atoms with Gasteiger partial charge in [-0.2, -0.15) is 5.26 Å². The Kier molecular flexibility index (Phi) is 4.45. The van der Waals surface area contributed by atoms with E-state index < -0.39 is 10.0 Å². The van der Waals surface area contributed by atoms with Gasteiger partial charge in [0.2, 0.25) is 10.0 Å². The fourth-order valence-electron chi connectivity index (χ4n) is 1.56. The minimum Gasteiger partial charge on any atom is -0.399 e. The summed E-state index contributed by atoms with van der Waals surface area (Å²) >= 11 is 4.74. The smallest absolute Gasteiger partial charge is 0.242 e. The molecule has 0 aliphatic rings. The fraction of sp³-hybridized carbons (Fsp3) is 0.0833. The molecule has 1 heterocycles. The molecular weight excluding hydrogens is 362 g/mol. The summed E-state index contributed by atoms with van der Waals surface area (Å²) in [5, 5.41) is 10.9. The van der Waals surface area contributed by atoms with Gasteiger partial charge in [0.25, 0.3) is 0 Å². The van der Waals surface area contributed by atoms with Crippen molar-refractivity contribution in [1.29, 1.82) is 5.26 Å². The molecule has 104 valence electrons. The van der Waals surface area contributed by atoms with Crippen LogP contribution in [-0.2, 0) is 16.6 Å². The quantitative estimate of drug-likeness (QED) is 0.806. The van der Waals surface area contributed by atoms with Crippen molar-refractivity contribution in [3.8, 4) is 6.07 Å². The summed E-state index contributed by atoms with van der Waals surface area (Å²) < 4.78 is 27.8. The summed E-state index contributed by atoms with van der Waals surface area (Å²) in [4.78, 5) is 0.805. The second kappa shape index (κ2) is 5.93. The Labute approximate surface area is 129 Å². The van der Waals surface area contributed by atoms with Crippen LogP contribution in [0.25, 0.3) is 0 Å². The molecule has 0 bridgehead atoms. The Morgan fingerprint density at radius 1 is 1.40 bits per heavy atom. The summed E-state index contributed by atoms with van der Waals surface area (Å²) in [6.07, 6.45) is 0. The van der Waals surface area contributed by atoms with Crippen LogP contribution in [0.4, 0.5) is 5.69 Å². The standard InChI is InChI=1S/C12H10BrN3O2S2/c13-9-4-11(19-7-9)6-16-20(17,18)12-2-1-10(15)3-8(12)5-14/h1-4,7,16H,6,15H2. The highest BCUT2D eigenvalue weighted by Crippen LogP contribution is 2.21. The van der Waals surface area contributed by atoms with E-state index in [4.69, 9.17) is 11.0 Å². The van der Waals surface area contributed by atoms with E-state index in [9.17, 15) is 8.42 Å². The van der Waals surface area contributed by atoms with Gasteiger partial charge in [-0.25, -0.2) is 13.1 Å². The highest BCUT2D eigenvalue weighted by Gasteiger charge is 2.18. The number of benzene rings is 1. The molecule has 2 aromatic rings. The van der Waals surface area contributed by atoms with E-state index in [1.165, 1.54) is 29.5 Å². The van der Waals surface area contributed by atoms with Crippen molar-refractivity contribution >= 4 is 43.0 Å². The Morgan fingerprint density at radius 3 is 2.75 bits per heavy atom. The highest BCUT2D eigenvalue weighted by atomic mass is 79.9. The molecule has 0 aliphatic heterocycles. The molecule has 1 aromatic heterocycles. The molecule has 2 rings (SSSR count). The number of hydrogen-bond donors (Lipinski definition) is 2. The third kappa shape index (κ3) is 3.37. The number of nitrogens with one attached hydrogen (secondary N) is 1. The van der Waals surface area contributed by atoms with Gasteiger partial charge in [0.1, 0.15) is 6.07 Å². The first-order valence-corrected chi connectivity index (χ1v) is 8.60. The number of nitrogen functional groups attached to an aromatic ring is 1. The lowest BCUT2D eigenvalue weighted by Crippen LogP contribution is -2.23. The molecule has 0 saturated carbocycles. The minimum absolute atomic E-state index is 0.0323. The van der Waals surface area contributed by atoms with Crippen molar-refractivity contribution in [1.82, 2.24) is 4.72 Å². The van der Waals surface area contributed by atoms with E-state index in [2.05, 4.69) is 20.7 Å². The first-order chi connectivity index (χ1) is 9.42. The highest BCUT2D eigenvalue weighted by molar-refractivity contribution is 9.10. The van der Waals surface area contributed by atoms with Crippen LogP contribution >= 0.6 is 27.3 Å². The number of halogens is 1. The Morgan fingerprint density at radius 2 is 2.15 bits per heavy atom. The van der Waals surface area contributed by atoms with Crippen LogP contribution in [0, 0.1) is 11.3 Å². The number of thiophene rings is 1. The topological polar surface area (TPSA) is 96.0 Å². The van der Waals surface area contributed by atoms with Gasteiger partial charge in [-0.15, -0.1) is 11.3 Å². The van der Waals surface area contributed by atoms with Crippen LogP contribution in [-0.4, -0.2) is 8.42 Å². The van der Waals surface area contributed by atoms with Crippen molar-refractivity contribution < 1.29 is 8.42 Å². The van der Waals surface area contributed by atoms with E-state index >= 15 is 0 Å². The van der Waals surface area contributed by atoms with Gasteiger partial charge < -0.3 is 5.73 Å². The second-order valence-electron chi connectivity index (χ2n) is 3.92. The molecular formula is C12H10BrN3O2S2. The number of hydrogen-bond acceptors (Lipinski definition) is 5. The van der Waals surface area contributed by atoms with E-state index in [0.29, 0.717) is 5.69 Å². The average molecular weight is 372 g/mol. The van der Waals surface area contributed by atoms with Gasteiger partial charge in [-0.3, -0.25) is 0 Å². The molecule has 0 fully saturated rings. The first-order valence-electron chi connectivity index (χ1n) is 5.44. The summed E-state index contributed by atoms with van der Waals surface area (Å²) in [5.74, 6) is 0. The molecule has 5 nitrogen and oxygen atoms in total. The van der Waals surface area contributed by atoms with Gasteiger partial charge >= 0.3 is 0 Å². The van der Waals surface area contributed by atoms with Gasteiger partial charge in [0.15, 0.2) is 0 Å². The lowest BCUT2D eigenvalue weighted by Gasteiger charge is -2.07. The predicted molar refractivity (Wildman–Crippen MR) is 81.6 cm³/mol. The molecule has 3 N–H and O–H groups in total. The Balaban J connectivity index is 2.25. The van der Waals surface area contributed by atoms with Gasteiger partial charge in [-0.05, 0) is 40.2 Å². The molecule has 0 amide bonds. The van der Waals surface area contributed by atoms with Crippen molar-refractivity contribution in [3.63, 3.8) is 0 Å². The molecule has 1 aromatic carbocycles. The number of sulfonamides is 1. The fourth-order valence-corrected chi connectivity index (χ4v) is 4.18. The van der Waals surface area contributed by atoms with Crippen LogP contribution in [0.15, 0.2) is 39.0 Å². The summed E-state index contributed by atoms with van der Waals surface area (Å²) in [7, 11) is -3.75. The Hall–Kier alpha value is -1.40. The maximum atomic E-state index is 12.2. The lowest BCUT2D eigenvalue weighted by molar-refractivity contribution is 0.581. The van der Waals surface area contributed by atoms with E-state index in [0.717, 1.165) is 9.35 Å². The zero-order valence-electron chi connectivity index (χ0n) is 10.1. The van der Waals surface area contributed by atoms with E-state index in [1.807, 2.05) is 17.5 Å². The Bertz CT molecular complexity index is 778. The van der Waals surface area contributed by atoms with Gasteiger partial charge in [-0.1, -0.05) is 0 Å². The van der Waals surface area contributed by atoms with E-state index in [1.54, 1.807) is 0 Å². The molecule has 0 spiro atoms. The lowest BCUT2D eigenvalue weighted by atomic mass is 10.2. The van der Waals surface area contributed by atoms with E-state index in [-0.39, 0.29) is 17.0 Å². The van der Waals surface area contributed by atoms with Crippen molar-refractivity contribution in [3.05, 3.63) is 44.6 Å². The number of nitrogens with zero attached hydrogens (tertiary/aromatic N) is 1.